The molecular formula is C23H29N5. The number of para-hydroxylation sites is 2. The zero-order valence-corrected chi connectivity index (χ0v) is 16.3. The summed E-state index contributed by atoms with van der Waals surface area (Å²) in [6, 6.07) is 13.5. The second-order valence-electron chi connectivity index (χ2n) is 8.34. The van der Waals surface area contributed by atoms with Crippen LogP contribution in [-0.4, -0.2) is 31.9 Å². The Labute approximate surface area is 166 Å². The van der Waals surface area contributed by atoms with Crippen molar-refractivity contribution in [3.8, 4) is 0 Å². The maximum atomic E-state index is 6.64. The largest absolute Gasteiger partial charge is 0.341 e. The summed E-state index contributed by atoms with van der Waals surface area (Å²) in [5, 5.41) is 0. The Morgan fingerprint density at radius 3 is 2.82 bits per heavy atom. The first-order valence-corrected chi connectivity index (χ1v) is 10.7. The van der Waals surface area contributed by atoms with E-state index in [1.807, 2.05) is 12.3 Å². The van der Waals surface area contributed by atoms with Gasteiger partial charge in [0.1, 0.15) is 5.82 Å². The lowest BCUT2D eigenvalue weighted by molar-refractivity contribution is 0.0671. The minimum atomic E-state index is 0.229. The average molecular weight is 376 g/mol. The molecule has 2 aromatic heterocycles. The van der Waals surface area contributed by atoms with E-state index >= 15 is 0 Å². The number of H-pyrrole nitrogens is 1. The highest BCUT2D eigenvalue weighted by molar-refractivity contribution is 5.74. The van der Waals surface area contributed by atoms with Crippen molar-refractivity contribution in [3.63, 3.8) is 0 Å². The van der Waals surface area contributed by atoms with E-state index in [0.29, 0.717) is 12.1 Å². The molecule has 0 amide bonds. The molecule has 3 atom stereocenters. The van der Waals surface area contributed by atoms with Crippen molar-refractivity contribution < 1.29 is 0 Å². The Hall–Kier alpha value is -2.24. The highest BCUT2D eigenvalue weighted by atomic mass is 15.2. The van der Waals surface area contributed by atoms with Crippen LogP contribution in [0.5, 0.6) is 0 Å². The van der Waals surface area contributed by atoms with Crippen molar-refractivity contribution in [1.29, 1.82) is 0 Å². The molecule has 0 saturated heterocycles. The second-order valence-corrected chi connectivity index (χ2v) is 8.34. The summed E-state index contributed by atoms with van der Waals surface area (Å²) >= 11 is 0. The molecule has 3 aromatic rings. The number of hydrogen-bond donors (Lipinski definition) is 2. The fourth-order valence-corrected chi connectivity index (χ4v) is 5.17. The number of fused-ring (bicyclic) bond motifs is 2. The number of aryl methyl sites for hydroxylation is 1. The Balaban J connectivity index is 1.52. The van der Waals surface area contributed by atoms with E-state index in [-0.39, 0.29) is 6.04 Å². The van der Waals surface area contributed by atoms with Crippen LogP contribution in [0.1, 0.15) is 61.6 Å². The lowest BCUT2D eigenvalue weighted by atomic mass is 9.85. The van der Waals surface area contributed by atoms with Crippen LogP contribution in [0.15, 0.2) is 42.6 Å². The van der Waals surface area contributed by atoms with Gasteiger partial charge in [0, 0.05) is 18.3 Å². The van der Waals surface area contributed by atoms with Gasteiger partial charge in [-0.15, -0.1) is 0 Å². The number of pyridine rings is 1. The van der Waals surface area contributed by atoms with Crippen LogP contribution in [0, 0.1) is 0 Å². The van der Waals surface area contributed by atoms with E-state index in [9.17, 15) is 0 Å². The SMILES string of the molecule is NC1CCCCC1N(Cc1nc2ccccc2[nH]1)C1CCCc2cccnc21. The van der Waals surface area contributed by atoms with Crippen LogP contribution >= 0.6 is 0 Å². The third kappa shape index (κ3) is 3.33. The van der Waals surface area contributed by atoms with Crippen molar-refractivity contribution in [3.05, 3.63) is 59.7 Å². The lowest BCUT2D eigenvalue weighted by Gasteiger charge is -2.44. The predicted molar refractivity (Wildman–Crippen MR) is 112 cm³/mol. The van der Waals surface area contributed by atoms with Gasteiger partial charge >= 0.3 is 0 Å². The summed E-state index contributed by atoms with van der Waals surface area (Å²) in [6.45, 7) is 0.799. The van der Waals surface area contributed by atoms with Crippen molar-refractivity contribution in [2.45, 2.75) is 69.6 Å². The molecular weight excluding hydrogens is 346 g/mol. The molecule has 0 radical (unpaired) electrons. The minimum absolute atomic E-state index is 0.229. The van der Waals surface area contributed by atoms with Crippen molar-refractivity contribution in [1.82, 2.24) is 19.9 Å². The lowest BCUT2D eigenvalue weighted by Crippen LogP contribution is -2.51. The van der Waals surface area contributed by atoms with Gasteiger partial charge < -0.3 is 10.7 Å². The van der Waals surface area contributed by atoms with Crippen molar-refractivity contribution in [2.24, 2.45) is 5.73 Å². The maximum Gasteiger partial charge on any atom is 0.121 e. The van der Waals surface area contributed by atoms with Crippen LogP contribution < -0.4 is 5.73 Å². The van der Waals surface area contributed by atoms with E-state index in [1.165, 1.54) is 36.9 Å². The summed E-state index contributed by atoms with van der Waals surface area (Å²) in [7, 11) is 0. The smallest absolute Gasteiger partial charge is 0.121 e. The standard InChI is InChI=1S/C23H29N5/c24-17-9-1-4-12-20(17)28(15-22-26-18-10-2-3-11-19(18)27-22)21-13-5-7-16-8-6-14-25-23(16)21/h2-3,6,8,10-11,14,17,20-21H,1,4-5,7,9,12-13,15,24H2,(H,26,27). The number of nitrogens with two attached hydrogens (primary N) is 1. The Morgan fingerprint density at radius 1 is 1.04 bits per heavy atom. The molecule has 146 valence electrons. The molecule has 2 heterocycles. The maximum absolute atomic E-state index is 6.64. The fourth-order valence-electron chi connectivity index (χ4n) is 5.17. The third-order valence-corrected chi connectivity index (χ3v) is 6.54. The molecule has 5 nitrogen and oxygen atoms in total. The summed E-state index contributed by atoms with van der Waals surface area (Å²) in [4.78, 5) is 15.8. The first-order chi connectivity index (χ1) is 13.8. The number of rotatable bonds is 4. The van der Waals surface area contributed by atoms with Gasteiger partial charge in [-0.2, -0.15) is 0 Å². The number of aromatic nitrogens is 3. The van der Waals surface area contributed by atoms with E-state index in [0.717, 1.165) is 42.7 Å². The van der Waals surface area contributed by atoms with E-state index in [2.05, 4.69) is 40.2 Å². The number of benzene rings is 1. The molecule has 0 spiro atoms. The quantitative estimate of drug-likeness (QED) is 0.720. The summed E-state index contributed by atoms with van der Waals surface area (Å²) < 4.78 is 0. The Morgan fingerprint density at radius 2 is 1.93 bits per heavy atom. The van der Waals surface area contributed by atoms with Gasteiger partial charge in [0.05, 0.1) is 29.3 Å². The van der Waals surface area contributed by atoms with Crippen molar-refractivity contribution in [2.75, 3.05) is 0 Å². The molecule has 1 aromatic carbocycles. The fraction of sp³-hybridized carbons (Fsp3) is 0.478. The topological polar surface area (TPSA) is 70.8 Å². The molecule has 2 aliphatic carbocycles. The van der Waals surface area contributed by atoms with Crippen LogP contribution in [-0.2, 0) is 13.0 Å². The molecule has 2 aliphatic rings. The van der Waals surface area contributed by atoms with Crippen LogP contribution in [0.4, 0.5) is 0 Å². The summed E-state index contributed by atoms with van der Waals surface area (Å²) in [6.07, 6.45) is 10.2. The molecule has 28 heavy (non-hydrogen) atoms. The first-order valence-electron chi connectivity index (χ1n) is 10.7. The molecule has 0 aliphatic heterocycles. The zero-order chi connectivity index (χ0) is 18.9. The van der Waals surface area contributed by atoms with E-state index in [4.69, 9.17) is 15.7 Å². The van der Waals surface area contributed by atoms with E-state index in [1.54, 1.807) is 0 Å². The van der Waals surface area contributed by atoms with Gasteiger partial charge in [0.2, 0.25) is 0 Å². The summed E-state index contributed by atoms with van der Waals surface area (Å²) in [5.41, 5.74) is 11.4. The zero-order valence-electron chi connectivity index (χ0n) is 16.3. The Kier molecular flexibility index (Phi) is 4.87. The van der Waals surface area contributed by atoms with Gasteiger partial charge in [-0.1, -0.05) is 31.0 Å². The number of nitrogens with zero attached hydrogens (tertiary/aromatic N) is 3. The average Bonchev–Trinajstić information content (AvgIpc) is 3.15. The van der Waals surface area contributed by atoms with Crippen LogP contribution in [0.2, 0.25) is 0 Å². The van der Waals surface area contributed by atoms with E-state index < -0.39 is 0 Å². The minimum Gasteiger partial charge on any atom is -0.341 e. The highest BCUT2D eigenvalue weighted by Crippen LogP contribution is 2.37. The third-order valence-electron chi connectivity index (χ3n) is 6.54. The normalized spacial score (nSPS) is 25.1. The van der Waals surface area contributed by atoms with Gasteiger partial charge in [-0.3, -0.25) is 9.88 Å². The van der Waals surface area contributed by atoms with Gasteiger partial charge in [0.25, 0.3) is 0 Å². The first kappa shape index (κ1) is 17.8. The van der Waals surface area contributed by atoms with Gasteiger partial charge in [-0.05, 0) is 55.9 Å². The van der Waals surface area contributed by atoms with Gasteiger partial charge in [-0.25, -0.2) is 4.98 Å². The second kappa shape index (κ2) is 7.64. The molecule has 3 N–H and O–H groups in total. The number of hydrogen-bond acceptors (Lipinski definition) is 4. The summed E-state index contributed by atoms with van der Waals surface area (Å²) in [5.74, 6) is 1.03. The molecule has 5 rings (SSSR count). The molecule has 0 bridgehead atoms. The molecule has 1 saturated carbocycles. The van der Waals surface area contributed by atoms with Crippen LogP contribution in [0.3, 0.4) is 0 Å². The molecule has 3 unspecified atom stereocenters. The Bertz CT molecular complexity index is 916. The monoisotopic (exact) mass is 375 g/mol. The van der Waals surface area contributed by atoms with Crippen molar-refractivity contribution >= 4 is 11.0 Å². The molecule has 5 heteroatoms. The van der Waals surface area contributed by atoms with Crippen LogP contribution in [0.25, 0.3) is 11.0 Å². The molecule has 1 fully saturated rings. The number of aromatic amines is 1. The number of nitrogens with one attached hydrogen (secondary N) is 1. The van der Waals surface area contributed by atoms with Gasteiger partial charge in [0.15, 0.2) is 0 Å². The predicted octanol–water partition coefficient (Wildman–Crippen LogP) is 4.11. The number of imidazole rings is 1. The highest BCUT2D eigenvalue weighted by Gasteiger charge is 2.36.